The Kier molecular flexibility index (Phi) is 7.15. The Bertz CT molecular complexity index is 550. The molecule has 1 amide bonds. The number of rotatable bonds is 7. The van der Waals surface area contributed by atoms with Gasteiger partial charge in [-0.15, -0.1) is 0 Å². The van der Waals surface area contributed by atoms with E-state index >= 15 is 0 Å². The van der Waals surface area contributed by atoms with Crippen LogP contribution in [0.15, 0.2) is 30.3 Å². The summed E-state index contributed by atoms with van der Waals surface area (Å²) < 4.78 is 5.08. The van der Waals surface area contributed by atoms with E-state index in [2.05, 4.69) is 24.5 Å². The predicted molar refractivity (Wildman–Crippen MR) is 97.6 cm³/mol. The maximum atomic E-state index is 12.6. The summed E-state index contributed by atoms with van der Waals surface area (Å²) >= 11 is 5.43. The SMILES string of the molecule is CC(C)CC(NC(=S)Cc1ccccc1)C(=O)NC1CCOC1O. The third-order valence-electron chi connectivity index (χ3n) is 3.96. The molecule has 3 unspecified atom stereocenters. The van der Waals surface area contributed by atoms with E-state index in [0.29, 0.717) is 36.8 Å². The first-order chi connectivity index (χ1) is 11.5. The molecular weight excluding hydrogens is 324 g/mol. The Balaban J connectivity index is 1.93. The minimum atomic E-state index is -0.926. The lowest BCUT2D eigenvalue weighted by Gasteiger charge is -2.24. The number of hydrogen-bond donors (Lipinski definition) is 3. The van der Waals surface area contributed by atoms with Crippen LogP contribution in [0.3, 0.4) is 0 Å². The summed E-state index contributed by atoms with van der Waals surface area (Å²) in [6.45, 7) is 4.59. The molecule has 1 aromatic carbocycles. The summed E-state index contributed by atoms with van der Waals surface area (Å²) in [6.07, 6.45) is 0.970. The summed E-state index contributed by atoms with van der Waals surface area (Å²) in [5.41, 5.74) is 1.11. The molecule has 0 aliphatic carbocycles. The number of ether oxygens (including phenoxy) is 1. The first-order valence-electron chi connectivity index (χ1n) is 8.39. The standard InChI is InChI=1S/C18H26N2O3S/c1-12(2)10-15(17(21)20-14-8-9-23-18(14)22)19-16(24)11-13-6-4-3-5-7-13/h3-7,12,14-15,18,22H,8-11H2,1-2H3,(H,19,24)(H,20,21). The molecular formula is C18H26N2O3S. The summed E-state index contributed by atoms with van der Waals surface area (Å²) in [5.74, 6) is 0.200. The Morgan fingerprint density at radius 1 is 1.38 bits per heavy atom. The van der Waals surface area contributed by atoms with Gasteiger partial charge in [0.05, 0.1) is 17.6 Å². The molecule has 0 aromatic heterocycles. The fraction of sp³-hybridized carbons (Fsp3) is 0.556. The fourth-order valence-corrected chi connectivity index (χ4v) is 3.04. The largest absolute Gasteiger partial charge is 0.368 e. The predicted octanol–water partition coefficient (Wildman–Crippen LogP) is 1.78. The molecule has 2 rings (SSSR count). The van der Waals surface area contributed by atoms with Gasteiger partial charge in [-0.05, 0) is 24.3 Å². The van der Waals surface area contributed by atoms with Gasteiger partial charge in [0.1, 0.15) is 6.04 Å². The van der Waals surface area contributed by atoms with Gasteiger partial charge in [-0.2, -0.15) is 0 Å². The number of nitrogens with one attached hydrogen (secondary N) is 2. The normalized spacial score (nSPS) is 21.5. The second-order valence-corrected chi connectivity index (χ2v) is 7.07. The summed E-state index contributed by atoms with van der Waals surface area (Å²) in [5, 5.41) is 15.7. The van der Waals surface area contributed by atoms with Gasteiger partial charge in [0.15, 0.2) is 6.29 Å². The van der Waals surface area contributed by atoms with E-state index in [1.807, 2.05) is 30.3 Å². The molecule has 1 aromatic rings. The first kappa shape index (κ1) is 18.8. The number of amides is 1. The molecule has 1 aliphatic heterocycles. The number of benzene rings is 1. The molecule has 3 N–H and O–H groups in total. The molecule has 1 saturated heterocycles. The minimum Gasteiger partial charge on any atom is -0.368 e. The number of aliphatic hydroxyl groups excluding tert-OH is 1. The maximum Gasteiger partial charge on any atom is 0.242 e. The van der Waals surface area contributed by atoms with Crippen LogP contribution in [0.4, 0.5) is 0 Å². The van der Waals surface area contributed by atoms with Gasteiger partial charge < -0.3 is 20.5 Å². The monoisotopic (exact) mass is 350 g/mol. The molecule has 0 spiro atoms. The molecule has 5 nitrogen and oxygen atoms in total. The van der Waals surface area contributed by atoms with Crippen molar-refractivity contribution in [1.29, 1.82) is 0 Å². The van der Waals surface area contributed by atoms with E-state index in [9.17, 15) is 9.90 Å². The highest BCUT2D eigenvalue weighted by Crippen LogP contribution is 2.12. The molecule has 0 saturated carbocycles. The number of aliphatic hydroxyl groups is 1. The Hall–Kier alpha value is -1.50. The lowest BCUT2D eigenvalue weighted by atomic mass is 10.0. The van der Waals surface area contributed by atoms with E-state index in [1.165, 1.54) is 0 Å². The zero-order valence-electron chi connectivity index (χ0n) is 14.2. The van der Waals surface area contributed by atoms with E-state index in [4.69, 9.17) is 17.0 Å². The third kappa shape index (κ3) is 5.85. The molecule has 3 atom stereocenters. The van der Waals surface area contributed by atoms with Crippen molar-refractivity contribution in [2.45, 2.75) is 51.5 Å². The van der Waals surface area contributed by atoms with Crippen molar-refractivity contribution < 1.29 is 14.6 Å². The van der Waals surface area contributed by atoms with E-state index in [-0.39, 0.29) is 11.9 Å². The molecule has 132 valence electrons. The maximum absolute atomic E-state index is 12.6. The highest BCUT2D eigenvalue weighted by Gasteiger charge is 2.30. The zero-order chi connectivity index (χ0) is 17.5. The quantitative estimate of drug-likeness (QED) is 0.654. The Morgan fingerprint density at radius 3 is 2.67 bits per heavy atom. The number of hydrogen-bond acceptors (Lipinski definition) is 4. The van der Waals surface area contributed by atoms with Gasteiger partial charge in [0, 0.05) is 6.42 Å². The van der Waals surface area contributed by atoms with Gasteiger partial charge in [-0.3, -0.25) is 4.79 Å². The second kappa shape index (κ2) is 9.11. The van der Waals surface area contributed by atoms with Crippen molar-refractivity contribution in [3.63, 3.8) is 0 Å². The van der Waals surface area contributed by atoms with Gasteiger partial charge in [-0.25, -0.2) is 0 Å². The summed E-state index contributed by atoms with van der Waals surface area (Å²) in [4.78, 5) is 13.2. The van der Waals surface area contributed by atoms with Gasteiger partial charge in [0.25, 0.3) is 0 Å². The van der Waals surface area contributed by atoms with Crippen molar-refractivity contribution in [2.24, 2.45) is 5.92 Å². The number of carbonyl (C=O) groups excluding carboxylic acids is 1. The smallest absolute Gasteiger partial charge is 0.242 e. The van der Waals surface area contributed by atoms with Crippen LogP contribution in [-0.2, 0) is 16.0 Å². The van der Waals surface area contributed by atoms with Crippen LogP contribution in [0.25, 0.3) is 0 Å². The Labute approximate surface area is 148 Å². The fourth-order valence-electron chi connectivity index (χ4n) is 2.73. The van der Waals surface area contributed by atoms with Crippen LogP contribution in [-0.4, -0.2) is 41.0 Å². The lowest BCUT2D eigenvalue weighted by molar-refractivity contribution is -0.127. The lowest BCUT2D eigenvalue weighted by Crippen LogP contribution is -2.51. The average Bonchev–Trinajstić information content (AvgIpc) is 2.92. The molecule has 0 radical (unpaired) electrons. The van der Waals surface area contributed by atoms with Gasteiger partial charge >= 0.3 is 0 Å². The Morgan fingerprint density at radius 2 is 2.08 bits per heavy atom. The van der Waals surface area contributed by atoms with Crippen LogP contribution < -0.4 is 10.6 Å². The molecule has 1 heterocycles. The average molecular weight is 350 g/mol. The molecule has 0 bridgehead atoms. The van der Waals surface area contributed by atoms with Crippen molar-refractivity contribution in [1.82, 2.24) is 10.6 Å². The third-order valence-corrected chi connectivity index (χ3v) is 4.22. The van der Waals surface area contributed by atoms with Crippen LogP contribution in [0, 0.1) is 5.92 Å². The van der Waals surface area contributed by atoms with Crippen LogP contribution in [0.1, 0.15) is 32.3 Å². The van der Waals surface area contributed by atoms with Crippen molar-refractivity contribution in [2.75, 3.05) is 6.61 Å². The molecule has 1 aliphatic rings. The van der Waals surface area contributed by atoms with Crippen molar-refractivity contribution in [3.05, 3.63) is 35.9 Å². The zero-order valence-corrected chi connectivity index (χ0v) is 15.0. The van der Waals surface area contributed by atoms with E-state index in [1.54, 1.807) is 0 Å². The highest BCUT2D eigenvalue weighted by molar-refractivity contribution is 7.80. The minimum absolute atomic E-state index is 0.145. The molecule has 24 heavy (non-hydrogen) atoms. The molecule has 1 fully saturated rings. The van der Waals surface area contributed by atoms with Crippen LogP contribution >= 0.6 is 12.2 Å². The van der Waals surface area contributed by atoms with E-state index < -0.39 is 12.3 Å². The number of carbonyl (C=O) groups is 1. The highest BCUT2D eigenvalue weighted by atomic mass is 32.1. The van der Waals surface area contributed by atoms with Crippen molar-refractivity contribution >= 4 is 23.1 Å². The second-order valence-electron chi connectivity index (χ2n) is 6.58. The van der Waals surface area contributed by atoms with Crippen molar-refractivity contribution in [3.8, 4) is 0 Å². The van der Waals surface area contributed by atoms with Crippen LogP contribution in [0.5, 0.6) is 0 Å². The summed E-state index contributed by atoms with van der Waals surface area (Å²) in [7, 11) is 0. The first-order valence-corrected chi connectivity index (χ1v) is 8.80. The molecule has 6 heteroatoms. The van der Waals surface area contributed by atoms with Gasteiger partial charge in [0.2, 0.25) is 5.91 Å². The number of thiocarbonyl (C=S) groups is 1. The topological polar surface area (TPSA) is 70.6 Å². The van der Waals surface area contributed by atoms with E-state index in [0.717, 1.165) is 5.56 Å². The van der Waals surface area contributed by atoms with Crippen LogP contribution in [0.2, 0.25) is 0 Å². The van der Waals surface area contributed by atoms with Gasteiger partial charge in [-0.1, -0.05) is 56.4 Å². The summed E-state index contributed by atoms with van der Waals surface area (Å²) in [6, 6.07) is 9.17.